The number of hydrogen-bond acceptors (Lipinski definition) is 5. The molecule has 1 unspecified atom stereocenters. The SMILES string of the molecule is COCCNC(=O)C(C)NCc1cc([N+](=O)[O-])ccc1Cl. The lowest BCUT2D eigenvalue weighted by atomic mass is 10.2. The molecule has 0 spiro atoms. The van der Waals surface area contributed by atoms with Crippen molar-refractivity contribution in [2.45, 2.75) is 19.5 Å². The molecular weight excluding hydrogens is 298 g/mol. The molecule has 1 aromatic carbocycles. The second-order valence-electron chi connectivity index (χ2n) is 4.42. The average Bonchev–Trinajstić information content (AvgIpc) is 2.45. The van der Waals surface area contributed by atoms with Crippen molar-refractivity contribution in [2.24, 2.45) is 0 Å². The summed E-state index contributed by atoms with van der Waals surface area (Å²) in [5.41, 5.74) is 0.538. The standard InChI is InChI=1S/C13H18ClN3O4/c1-9(13(18)15-5-6-21-2)16-8-10-7-11(17(19)20)3-4-12(10)14/h3-4,7,9,16H,5-6,8H2,1-2H3,(H,15,18). The number of ether oxygens (including phenoxy) is 1. The predicted molar refractivity (Wildman–Crippen MR) is 79.3 cm³/mol. The van der Waals surface area contributed by atoms with Crippen LogP contribution in [0.4, 0.5) is 5.69 Å². The van der Waals surface area contributed by atoms with Gasteiger partial charge in [0.25, 0.3) is 5.69 Å². The Labute approximate surface area is 127 Å². The highest BCUT2D eigenvalue weighted by Gasteiger charge is 2.14. The molecule has 0 bridgehead atoms. The maximum atomic E-state index is 11.7. The van der Waals surface area contributed by atoms with Crippen molar-refractivity contribution in [3.05, 3.63) is 38.9 Å². The number of halogens is 1. The maximum Gasteiger partial charge on any atom is 0.269 e. The van der Waals surface area contributed by atoms with Gasteiger partial charge in [0.2, 0.25) is 5.91 Å². The number of rotatable bonds is 8. The summed E-state index contributed by atoms with van der Waals surface area (Å²) in [5.74, 6) is -0.173. The summed E-state index contributed by atoms with van der Waals surface area (Å²) in [4.78, 5) is 22.0. The molecule has 0 fully saturated rings. The molecule has 0 radical (unpaired) electrons. The van der Waals surface area contributed by atoms with Gasteiger partial charge in [0, 0.05) is 37.4 Å². The quantitative estimate of drug-likeness (QED) is 0.430. The first-order valence-electron chi connectivity index (χ1n) is 6.38. The third-order valence-corrected chi connectivity index (χ3v) is 3.21. The number of nitrogens with zero attached hydrogens (tertiary/aromatic N) is 1. The molecule has 7 nitrogen and oxygen atoms in total. The van der Waals surface area contributed by atoms with Crippen LogP contribution in [0.2, 0.25) is 5.02 Å². The fourth-order valence-electron chi connectivity index (χ4n) is 1.60. The summed E-state index contributed by atoms with van der Waals surface area (Å²) < 4.78 is 4.84. The van der Waals surface area contributed by atoms with Gasteiger partial charge in [0.15, 0.2) is 0 Å². The minimum atomic E-state index is -0.485. The monoisotopic (exact) mass is 315 g/mol. The van der Waals surface area contributed by atoms with Crippen molar-refractivity contribution in [2.75, 3.05) is 20.3 Å². The fraction of sp³-hybridized carbons (Fsp3) is 0.462. The van der Waals surface area contributed by atoms with Crippen LogP contribution in [0.1, 0.15) is 12.5 Å². The third-order valence-electron chi connectivity index (χ3n) is 2.84. The van der Waals surface area contributed by atoms with E-state index in [1.807, 2.05) is 0 Å². The molecule has 1 rings (SSSR count). The van der Waals surface area contributed by atoms with Crippen LogP contribution in [0.25, 0.3) is 0 Å². The van der Waals surface area contributed by atoms with Crippen LogP contribution in [-0.2, 0) is 16.1 Å². The molecule has 1 amide bonds. The maximum absolute atomic E-state index is 11.7. The number of nitro groups is 1. The van der Waals surface area contributed by atoms with E-state index in [0.717, 1.165) is 0 Å². The Morgan fingerprint density at radius 2 is 2.24 bits per heavy atom. The zero-order valence-electron chi connectivity index (χ0n) is 11.9. The molecule has 0 aromatic heterocycles. The van der Waals surface area contributed by atoms with Crippen LogP contribution in [-0.4, -0.2) is 37.1 Å². The minimum absolute atomic E-state index is 0.0339. The van der Waals surface area contributed by atoms with E-state index < -0.39 is 11.0 Å². The van der Waals surface area contributed by atoms with Crippen LogP contribution in [0.3, 0.4) is 0 Å². The van der Waals surface area contributed by atoms with Crippen LogP contribution in [0.5, 0.6) is 0 Å². The summed E-state index contributed by atoms with van der Waals surface area (Å²) in [7, 11) is 1.55. The Bertz CT molecular complexity index is 510. The molecule has 21 heavy (non-hydrogen) atoms. The van der Waals surface area contributed by atoms with Gasteiger partial charge in [-0.15, -0.1) is 0 Å². The van der Waals surface area contributed by atoms with Crippen molar-refractivity contribution < 1.29 is 14.5 Å². The van der Waals surface area contributed by atoms with Crippen molar-refractivity contribution in [1.29, 1.82) is 0 Å². The summed E-state index contributed by atoms with van der Waals surface area (Å²) >= 11 is 5.99. The minimum Gasteiger partial charge on any atom is -0.383 e. The van der Waals surface area contributed by atoms with Crippen molar-refractivity contribution in [3.63, 3.8) is 0 Å². The molecule has 2 N–H and O–H groups in total. The van der Waals surface area contributed by atoms with Gasteiger partial charge in [-0.1, -0.05) is 11.6 Å². The van der Waals surface area contributed by atoms with E-state index in [0.29, 0.717) is 23.7 Å². The first-order chi connectivity index (χ1) is 9.95. The molecule has 0 aliphatic rings. The van der Waals surface area contributed by atoms with E-state index in [1.165, 1.54) is 18.2 Å². The van der Waals surface area contributed by atoms with Crippen molar-refractivity contribution in [1.82, 2.24) is 10.6 Å². The molecule has 116 valence electrons. The average molecular weight is 316 g/mol. The van der Waals surface area contributed by atoms with Crippen molar-refractivity contribution >= 4 is 23.2 Å². The number of non-ortho nitro benzene ring substituents is 1. The number of carbonyl (C=O) groups excluding carboxylic acids is 1. The van der Waals surface area contributed by atoms with Crippen LogP contribution in [0, 0.1) is 10.1 Å². The van der Waals surface area contributed by atoms with Gasteiger partial charge >= 0.3 is 0 Å². The van der Waals surface area contributed by atoms with Gasteiger partial charge < -0.3 is 15.4 Å². The Morgan fingerprint density at radius 3 is 2.86 bits per heavy atom. The number of amides is 1. The molecular formula is C13H18ClN3O4. The highest BCUT2D eigenvalue weighted by Crippen LogP contribution is 2.21. The largest absolute Gasteiger partial charge is 0.383 e. The van der Waals surface area contributed by atoms with E-state index in [-0.39, 0.29) is 18.1 Å². The second-order valence-corrected chi connectivity index (χ2v) is 4.83. The number of nitro benzene ring substituents is 1. The van der Waals surface area contributed by atoms with Crippen LogP contribution >= 0.6 is 11.6 Å². The molecule has 1 aromatic rings. The predicted octanol–water partition coefficient (Wildman–Crippen LogP) is 1.49. The van der Waals surface area contributed by atoms with Gasteiger partial charge in [0.05, 0.1) is 17.6 Å². The molecule has 1 atom stereocenters. The molecule has 0 aliphatic carbocycles. The Balaban J connectivity index is 2.56. The van der Waals surface area contributed by atoms with Gasteiger partial charge in [-0.25, -0.2) is 0 Å². The third kappa shape index (κ3) is 5.66. The fourth-order valence-corrected chi connectivity index (χ4v) is 1.78. The highest BCUT2D eigenvalue weighted by atomic mass is 35.5. The zero-order chi connectivity index (χ0) is 15.8. The lowest BCUT2D eigenvalue weighted by Gasteiger charge is -2.14. The number of benzene rings is 1. The second kappa shape index (κ2) is 8.56. The first-order valence-corrected chi connectivity index (χ1v) is 6.76. The lowest BCUT2D eigenvalue weighted by Crippen LogP contribution is -2.42. The number of nitrogens with one attached hydrogen (secondary N) is 2. The Morgan fingerprint density at radius 1 is 1.52 bits per heavy atom. The van der Waals surface area contributed by atoms with Gasteiger partial charge in [0.1, 0.15) is 0 Å². The molecule has 0 aliphatic heterocycles. The lowest BCUT2D eigenvalue weighted by molar-refractivity contribution is -0.384. The number of carbonyl (C=O) groups is 1. The normalized spacial score (nSPS) is 12.0. The highest BCUT2D eigenvalue weighted by molar-refractivity contribution is 6.31. The molecule has 0 saturated heterocycles. The molecule has 8 heteroatoms. The van der Waals surface area contributed by atoms with Gasteiger partial charge in [-0.3, -0.25) is 14.9 Å². The topological polar surface area (TPSA) is 93.5 Å². The summed E-state index contributed by atoms with van der Waals surface area (Å²) in [6.45, 7) is 2.83. The summed E-state index contributed by atoms with van der Waals surface area (Å²) in [6, 6.07) is 3.76. The van der Waals surface area contributed by atoms with Gasteiger partial charge in [-0.05, 0) is 18.6 Å². The molecule has 0 heterocycles. The van der Waals surface area contributed by atoms with E-state index >= 15 is 0 Å². The van der Waals surface area contributed by atoms with Crippen LogP contribution in [0.15, 0.2) is 18.2 Å². The number of methoxy groups -OCH3 is 1. The van der Waals surface area contributed by atoms with Crippen LogP contribution < -0.4 is 10.6 Å². The zero-order valence-corrected chi connectivity index (χ0v) is 12.6. The Kier molecular flexibility index (Phi) is 7.07. The van der Waals surface area contributed by atoms with E-state index in [4.69, 9.17) is 16.3 Å². The van der Waals surface area contributed by atoms with E-state index in [1.54, 1.807) is 14.0 Å². The van der Waals surface area contributed by atoms with Crippen molar-refractivity contribution in [3.8, 4) is 0 Å². The first kappa shape index (κ1) is 17.4. The van der Waals surface area contributed by atoms with E-state index in [2.05, 4.69) is 10.6 Å². The smallest absolute Gasteiger partial charge is 0.269 e. The number of hydrogen-bond donors (Lipinski definition) is 2. The summed E-state index contributed by atoms with van der Waals surface area (Å²) in [5, 5.41) is 16.8. The van der Waals surface area contributed by atoms with Gasteiger partial charge in [-0.2, -0.15) is 0 Å². The summed E-state index contributed by atoms with van der Waals surface area (Å²) in [6.07, 6.45) is 0. The Hall–Kier alpha value is -1.70. The molecule has 0 saturated carbocycles. The van der Waals surface area contributed by atoms with E-state index in [9.17, 15) is 14.9 Å².